The van der Waals surface area contributed by atoms with Gasteiger partial charge in [-0.15, -0.1) is 0 Å². The zero-order valence-electron chi connectivity index (χ0n) is 15.5. The molecule has 3 aliphatic carbocycles. The Morgan fingerprint density at radius 3 is 2.46 bits per heavy atom. The lowest BCUT2D eigenvalue weighted by Gasteiger charge is -2.60. The molecule has 2 N–H and O–H groups in total. The minimum atomic E-state index is -0.792. The van der Waals surface area contributed by atoms with Gasteiger partial charge in [0.25, 0.3) is 0 Å². The number of carboxylic acids is 1. The van der Waals surface area contributed by atoms with Gasteiger partial charge in [-0.3, -0.25) is 9.59 Å². The van der Waals surface area contributed by atoms with Crippen molar-refractivity contribution in [2.45, 2.75) is 78.2 Å². The van der Waals surface area contributed by atoms with Gasteiger partial charge in [-0.2, -0.15) is 0 Å². The number of aliphatic hydroxyl groups is 1. The average Bonchev–Trinajstić information content (AvgIpc) is 2.49. The minimum absolute atomic E-state index is 0.0738. The van der Waals surface area contributed by atoms with Gasteiger partial charge in [0.1, 0.15) is 5.78 Å². The van der Waals surface area contributed by atoms with E-state index in [4.69, 9.17) is 0 Å². The summed E-state index contributed by atoms with van der Waals surface area (Å²) in [6, 6.07) is 0. The molecule has 0 bridgehead atoms. The summed E-state index contributed by atoms with van der Waals surface area (Å²) in [6.07, 6.45) is 5.09. The lowest BCUT2D eigenvalue weighted by molar-refractivity contribution is -0.184. The van der Waals surface area contributed by atoms with Gasteiger partial charge in [0.2, 0.25) is 0 Å². The number of rotatable bonds is 2. The van der Waals surface area contributed by atoms with Crippen LogP contribution in [-0.4, -0.2) is 27.6 Å². The van der Waals surface area contributed by atoms with Crippen LogP contribution in [0.15, 0.2) is 0 Å². The lowest BCUT2D eigenvalue weighted by atomic mass is 9.43. The molecule has 136 valence electrons. The first kappa shape index (κ1) is 17.9. The third kappa shape index (κ3) is 2.36. The van der Waals surface area contributed by atoms with Crippen molar-refractivity contribution >= 4 is 11.8 Å². The molecule has 0 saturated heterocycles. The molecule has 0 radical (unpaired) electrons. The number of hydrogen-bond acceptors (Lipinski definition) is 3. The maximum absolute atomic E-state index is 12.9. The normalized spacial score (nSPS) is 48.8. The van der Waals surface area contributed by atoms with E-state index in [9.17, 15) is 19.8 Å². The van der Waals surface area contributed by atoms with Gasteiger partial charge >= 0.3 is 5.97 Å². The molecule has 3 fully saturated rings. The monoisotopic (exact) mass is 336 g/mol. The first-order valence-electron chi connectivity index (χ1n) is 9.53. The van der Waals surface area contributed by atoms with Crippen LogP contribution in [0.1, 0.15) is 72.6 Å². The first-order valence-corrected chi connectivity index (χ1v) is 9.53. The van der Waals surface area contributed by atoms with Gasteiger partial charge < -0.3 is 10.2 Å². The highest BCUT2D eigenvalue weighted by molar-refractivity contribution is 5.85. The number of aliphatic carboxylic acids is 1. The van der Waals surface area contributed by atoms with Crippen LogP contribution in [0.3, 0.4) is 0 Å². The van der Waals surface area contributed by atoms with E-state index in [1.807, 2.05) is 20.8 Å². The Balaban J connectivity index is 1.96. The SMILES string of the molecule is CC(C)[C@@]1(O)CC[C@H]2[C@H](C1)C(=O)C[C@@H]1[C@]2(C)CCC[C@]1(C)C(=O)O. The summed E-state index contributed by atoms with van der Waals surface area (Å²) < 4.78 is 0. The van der Waals surface area contributed by atoms with Crippen molar-refractivity contribution in [1.29, 1.82) is 0 Å². The molecule has 3 rings (SSSR count). The highest BCUT2D eigenvalue weighted by atomic mass is 16.4. The number of carbonyl (C=O) groups excluding carboxylic acids is 1. The van der Waals surface area contributed by atoms with E-state index in [-0.39, 0.29) is 34.9 Å². The fourth-order valence-electron chi connectivity index (χ4n) is 6.31. The van der Waals surface area contributed by atoms with Crippen LogP contribution < -0.4 is 0 Å². The van der Waals surface area contributed by atoms with Crippen molar-refractivity contribution in [1.82, 2.24) is 0 Å². The summed E-state index contributed by atoms with van der Waals surface area (Å²) in [4.78, 5) is 24.9. The number of carbonyl (C=O) groups is 2. The predicted molar refractivity (Wildman–Crippen MR) is 91.4 cm³/mol. The van der Waals surface area contributed by atoms with Crippen LogP contribution in [0, 0.1) is 34.5 Å². The lowest BCUT2D eigenvalue weighted by Crippen LogP contribution is -2.60. The molecular formula is C20H32O4. The number of Topliss-reactive ketones (excluding diaryl/α,β-unsaturated/α-hetero) is 1. The highest BCUT2D eigenvalue weighted by Gasteiger charge is 2.62. The van der Waals surface area contributed by atoms with Crippen molar-refractivity contribution in [3.05, 3.63) is 0 Å². The molecule has 4 nitrogen and oxygen atoms in total. The number of carboxylic acid groups (broad SMARTS) is 1. The van der Waals surface area contributed by atoms with Crippen LogP contribution in [0.2, 0.25) is 0 Å². The molecule has 0 spiro atoms. The van der Waals surface area contributed by atoms with E-state index >= 15 is 0 Å². The Labute approximate surface area is 145 Å². The van der Waals surface area contributed by atoms with Crippen molar-refractivity contribution in [3.8, 4) is 0 Å². The van der Waals surface area contributed by atoms with E-state index in [0.717, 1.165) is 25.7 Å². The number of fused-ring (bicyclic) bond motifs is 3. The summed E-state index contributed by atoms with van der Waals surface area (Å²) in [5, 5.41) is 20.8. The van der Waals surface area contributed by atoms with Gasteiger partial charge in [0, 0.05) is 12.3 Å². The quantitative estimate of drug-likeness (QED) is 0.807. The minimum Gasteiger partial charge on any atom is -0.481 e. The van der Waals surface area contributed by atoms with Gasteiger partial charge in [-0.25, -0.2) is 0 Å². The third-order valence-corrected chi connectivity index (χ3v) is 8.15. The molecule has 24 heavy (non-hydrogen) atoms. The topological polar surface area (TPSA) is 74.6 Å². The fourth-order valence-corrected chi connectivity index (χ4v) is 6.31. The van der Waals surface area contributed by atoms with E-state index in [2.05, 4.69) is 6.92 Å². The van der Waals surface area contributed by atoms with Gasteiger partial charge in [-0.05, 0) is 62.2 Å². The molecule has 0 aromatic heterocycles. The number of hydrogen-bond donors (Lipinski definition) is 2. The fraction of sp³-hybridized carbons (Fsp3) is 0.900. The standard InChI is InChI=1S/C20H32O4/c1-12(2)20(24)9-6-14-13(11-20)15(21)10-16-18(14,3)7-5-8-19(16,4)17(22)23/h12-14,16,24H,5-11H2,1-4H3,(H,22,23)/t13-,14-,16+,18+,19-,20+/m0/s1. The smallest absolute Gasteiger partial charge is 0.309 e. The molecular weight excluding hydrogens is 304 g/mol. The Morgan fingerprint density at radius 2 is 1.88 bits per heavy atom. The molecule has 0 heterocycles. The van der Waals surface area contributed by atoms with E-state index in [0.29, 0.717) is 19.3 Å². The van der Waals surface area contributed by atoms with Crippen LogP contribution in [0.4, 0.5) is 0 Å². The van der Waals surface area contributed by atoms with Crippen molar-refractivity contribution in [2.75, 3.05) is 0 Å². The van der Waals surface area contributed by atoms with Crippen LogP contribution in [-0.2, 0) is 9.59 Å². The highest BCUT2D eigenvalue weighted by Crippen LogP contribution is 2.64. The molecule has 0 unspecified atom stereocenters. The first-order chi connectivity index (χ1) is 11.0. The molecule has 0 amide bonds. The summed E-state index contributed by atoms with van der Waals surface area (Å²) in [6.45, 7) is 8.13. The van der Waals surface area contributed by atoms with Crippen LogP contribution in [0.5, 0.6) is 0 Å². The van der Waals surface area contributed by atoms with Crippen molar-refractivity contribution < 1.29 is 19.8 Å². The second-order valence-electron chi connectivity index (χ2n) is 9.52. The predicted octanol–water partition coefficient (Wildman–Crippen LogP) is 3.66. The van der Waals surface area contributed by atoms with Gasteiger partial charge in [-0.1, -0.05) is 27.2 Å². The Kier molecular flexibility index (Phi) is 4.14. The van der Waals surface area contributed by atoms with E-state index in [1.54, 1.807) is 0 Å². The van der Waals surface area contributed by atoms with Gasteiger partial charge in [0.05, 0.1) is 11.0 Å². The molecule has 0 aliphatic heterocycles. The molecule has 0 aromatic rings. The molecule has 0 aromatic carbocycles. The Bertz CT molecular complexity index is 556. The Morgan fingerprint density at radius 1 is 1.21 bits per heavy atom. The van der Waals surface area contributed by atoms with Crippen LogP contribution >= 0.6 is 0 Å². The van der Waals surface area contributed by atoms with Crippen molar-refractivity contribution in [3.63, 3.8) is 0 Å². The van der Waals surface area contributed by atoms with Gasteiger partial charge in [0.15, 0.2) is 0 Å². The largest absolute Gasteiger partial charge is 0.481 e. The summed E-state index contributed by atoms with van der Waals surface area (Å²) in [5.41, 5.74) is -1.63. The molecule has 3 aliphatic rings. The molecule has 4 heteroatoms. The summed E-state index contributed by atoms with van der Waals surface area (Å²) in [5.74, 6) is -0.359. The third-order valence-electron chi connectivity index (χ3n) is 8.15. The van der Waals surface area contributed by atoms with E-state index in [1.165, 1.54) is 0 Å². The second-order valence-corrected chi connectivity index (χ2v) is 9.52. The zero-order chi connectivity index (χ0) is 17.9. The van der Waals surface area contributed by atoms with Crippen LogP contribution in [0.25, 0.3) is 0 Å². The number of ketones is 1. The Hall–Kier alpha value is -0.900. The zero-order valence-corrected chi connectivity index (χ0v) is 15.5. The maximum Gasteiger partial charge on any atom is 0.309 e. The molecule has 3 saturated carbocycles. The summed E-state index contributed by atoms with van der Waals surface area (Å²) >= 11 is 0. The maximum atomic E-state index is 12.9. The van der Waals surface area contributed by atoms with E-state index < -0.39 is 17.0 Å². The summed E-state index contributed by atoms with van der Waals surface area (Å²) in [7, 11) is 0. The average molecular weight is 336 g/mol. The second kappa shape index (κ2) is 5.55. The molecule has 6 atom stereocenters. The van der Waals surface area contributed by atoms with Crippen molar-refractivity contribution in [2.24, 2.45) is 34.5 Å².